The van der Waals surface area contributed by atoms with Gasteiger partial charge in [-0.05, 0) is 26.2 Å². The van der Waals surface area contributed by atoms with Gasteiger partial charge in [-0.25, -0.2) is 0 Å². The molecule has 1 amide bonds. The maximum atomic E-state index is 11.7. The van der Waals surface area contributed by atoms with Crippen LogP contribution >= 0.6 is 0 Å². The van der Waals surface area contributed by atoms with E-state index in [1.807, 2.05) is 20.8 Å². The normalized spacial score (nSPS) is 22.7. The van der Waals surface area contributed by atoms with Crippen LogP contribution in [0.3, 0.4) is 0 Å². The van der Waals surface area contributed by atoms with E-state index in [0.29, 0.717) is 6.04 Å². The molecule has 0 aromatic heterocycles. The van der Waals surface area contributed by atoms with Crippen LogP contribution < -0.4 is 16.4 Å². The Morgan fingerprint density at radius 1 is 1.53 bits per heavy atom. The first-order valence-electron chi connectivity index (χ1n) is 6.37. The molecule has 0 unspecified atom stereocenters. The smallest absolute Gasteiger partial charge is 0.237 e. The lowest BCUT2D eigenvalue weighted by molar-refractivity contribution is -0.123. The molecule has 0 fully saturated rings. The summed E-state index contributed by atoms with van der Waals surface area (Å²) in [5.41, 5.74) is 7.17. The van der Waals surface area contributed by atoms with Gasteiger partial charge in [0.05, 0.1) is 6.04 Å². The molecule has 0 saturated carbocycles. The highest BCUT2D eigenvalue weighted by atomic mass is 16.2. The zero-order valence-electron chi connectivity index (χ0n) is 11.3. The molecule has 0 spiro atoms. The molecule has 3 atom stereocenters. The first-order chi connectivity index (χ1) is 7.91. The predicted molar refractivity (Wildman–Crippen MR) is 70.6 cm³/mol. The molecule has 0 aliphatic heterocycles. The average Bonchev–Trinajstić information content (AvgIpc) is 2.25. The zero-order valence-corrected chi connectivity index (χ0v) is 11.3. The second-order valence-corrected chi connectivity index (χ2v) is 5.32. The fourth-order valence-corrected chi connectivity index (χ4v) is 1.73. The molecule has 0 aromatic rings. The average molecular weight is 239 g/mol. The van der Waals surface area contributed by atoms with Gasteiger partial charge >= 0.3 is 0 Å². The molecule has 0 radical (unpaired) electrons. The molecule has 4 N–H and O–H groups in total. The van der Waals surface area contributed by atoms with Gasteiger partial charge in [-0.3, -0.25) is 4.79 Å². The number of hydrogen-bond donors (Lipinski definition) is 3. The minimum atomic E-state index is -0.414. The second-order valence-electron chi connectivity index (χ2n) is 5.32. The summed E-state index contributed by atoms with van der Waals surface area (Å²) >= 11 is 0. The number of amides is 1. The standard InChI is InChI=1S/C13H25N3O/c1-8(2)12(14)13(17)16-10(4)7-15-11-6-5-9(11)3/h5,8,10-12,15H,6-7,14H2,1-4H3,(H,16,17)/t10-,11+,12-/m0/s1. The summed E-state index contributed by atoms with van der Waals surface area (Å²) in [6, 6.07) is 0.191. The SMILES string of the molecule is CC1=CC[C@H]1NC[C@H](C)NC(=O)[C@@H](N)C(C)C. The number of hydrogen-bond acceptors (Lipinski definition) is 3. The van der Waals surface area contributed by atoms with Gasteiger partial charge in [-0.2, -0.15) is 0 Å². The molecular weight excluding hydrogens is 214 g/mol. The van der Waals surface area contributed by atoms with Crippen molar-refractivity contribution < 1.29 is 4.79 Å². The van der Waals surface area contributed by atoms with Gasteiger partial charge < -0.3 is 16.4 Å². The summed E-state index contributed by atoms with van der Waals surface area (Å²) in [4.78, 5) is 11.7. The van der Waals surface area contributed by atoms with E-state index in [-0.39, 0.29) is 17.9 Å². The zero-order chi connectivity index (χ0) is 13.0. The van der Waals surface area contributed by atoms with Gasteiger partial charge in [0.15, 0.2) is 0 Å². The Morgan fingerprint density at radius 3 is 2.59 bits per heavy atom. The Balaban J connectivity index is 2.22. The lowest BCUT2D eigenvalue weighted by Gasteiger charge is -2.28. The van der Waals surface area contributed by atoms with Crippen LogP contribution in [0.5, 0.6) is 0 Å². The third kappa shape index (κ3) is 4.13. The van der Waals surface area contributed by atoms with Gasteiger partial charge in [0.1, 0.15) is 0 Å². The summed E-state index contributed by atoms with van der Waals surface area (Å²) in [5, 5.41) is 6.35. The molecule has 1 aliphatic carbocycles. The van der Waals surface area contributed by atoms with E-state index in [1.165, 1.54) is 5.57 Å². The molecule has 4 nitrogen and oxygen atoms in total. The van der Waals surface area contributed by atoms with Gasteiger partial charge in [0, 0.05) is 18.6 Å². The Morgan fingerprint density at radius 2 is 2.18 bits per heavy atom. The third-order valence-corrected chi connectivity index (χ3v) is 3.31. The van der Waals surface area contributed by atoms with Crippen LogP contribution in [-0.2, 0) is 4.79 Å². The highest BCUT2D eigenvalue weighted by molar-refractivity contribution is 5.81. The molecular formula is C13H25N3O. The number of nitrogens with two attached hydrogens (primary N) is 1. The van der Waals surface area contributed by atoms with Crippen molar-refractivity contribution in [2.24, 2.45) is 11.7 Å². The van der Waals surface area contributed by atoms with E-state index in [9.17, 15) is 4.79 Å². The molecule has 1 aliphatic rings. The van der Waals surface area contributed by atoms with Crippen molar-refractivity contribution in [3.8, 4) is 0 Å². The Labute approximate surface area is 104 Å². The monoisotopic (exact) mass is 239 g/mol. The van der Waals surface area contributed by atoms with Crippen molar-refractivity contribution in [1.82, 2.24) is 10.6 Å². The van der Waals surface area contributed by atoms with Crippen molar-refractivity contribution in [1.29, 1.82) is 0 Å². The number of nitrogens with one attached hydrogen (secondary N) is 2. The Kier molecular flexibility index (Phi) is 5.15. The summed E-state index contributed by atoms with van der Waals surface area (Å²) in [5.74, 6) is 0.113. The third-order valence-electron chi connectivity index (χ3n) is 3.31. The van der Waals surface area contributed by atoms with E-state index in [0.717, 1.165) is 13.0 Å². The van der Waals surface area contributed by atoms with E-state index in [1.54, 1.807) is 0 Å². The van der Waals surface area contributed by atoms with Crippen LogP contribution in [-0.4, -0.2) is 30.6 Å². The highest BCUT2D eigenvalue weighted by Crippen LogP contribution is 2.17. The first kappa shape index (κ1) is 14.2. The van der Waals surface area contributed by atoms with Crippen LogP contribution in [0.15, 0.2) is 11.6 Å². The topological polar surface area (TPSA) is 67.1 Å². The largest absolute Gasteiger partial charge is 0.351 e. The molecule has 4 heteroatoms. The van der Waals surface area contributed by atoms with Crippen molar-refractivity contribution in [3.05, 3.63) is 11.6 Å². The summed E-state index contributed by atoms with van der Waals surface area (Å²) in [7, 11) is 0. The maximum absolute atomic E-state index is 11.7. The number of carbonyl (C=O) groups excluding carboxylic acids is 1. The van der Waals surface area contributed by atoms with E-state index in [2.05, 4.69) is 23.6 Å². The van der Waals surface area contributed by atoms with Crippen LogP contribution in [0.2, 0.25) is 0 Å². The quantitative estimate of drug-likeness (QED) is 0.600. The van der Waals surface area contributed by atoms with Crippen molar-refractivity contribution >= 4 is 5.91 Å². The maximum Gasteiger partial charge on any atom is 0.237 e. The van der Waals surface area contributed by atoms with E-state index in [4.69, 9.17) is 5.73 Å². The molecule has 17 heavy (non-hydrogen) atoms. The molecule has 98 valence electrons. The van der Waals surface area contributed by atoms with Crippen LogP contribution in [0.4, 0.5) is 0 Å². The molecule has 0 bridgehead atoms. The minimum absolute atomic E-state index is 0.0600. The number of carbonyl (C=O) groups is 1. The van der Waals surface area contributed by atoms with Crippen LogP contribution in [0.1, 0.15) is 34.1 Å². The molecule has 1 rings (SSSR count). The van der Waals surface area contributed by atoms with E-state index < -0.39 is 6.04 Å². The van der Waals surface area contributed by atoms with Crippen molar-refractivity contribution in [3.63, 3.8) is 0 Å². The van der Waals surface area contributed by atoms with Crippen LogP contribution in [0, 0.1) is 5.92 Å². The summed E-state index contributed by atoms with van der Waals surface area (Å²) < 4.78 is 0. The fraction of sp³-hybridized carbons (Fsp3) is 0.769. The van der Waals surface area contributed by atoms with Gasteiger partial charge in [0.25, 0.3) is 0 Å². The lowest BCUT2D eigenvalue weighted by atomic mass is 9.93. The van der Waals surface area contributed by atoms with Crippen molar-refractivity contribution in [2.45, 2.75) is 52.2 Å². The van der Waals surface area contributed by atoms with E-state index >= 15 is 0 Å². The van der Waals surface area contributed by atoms with Gasteiger partial charge in [-0.1, -0.05) is 25.5 Å². The minimum Gasteiger partial charge on any atom is -0.351 e. The Hall–Kier alpha value is -0.870. The molecule has 0 saturated heterocycles. The van der Waals surface area contributed by atoms with Crippen molar-refractivity contribution in [2.75, 3.05) is 6.54 Å². The predicted octanol–water partition coefficient (Wildman–Crippen LogP) is 0.783. The van der Waals surface area contributed by atoms with Gasteiger partial charge in [-0.15, -0.1) is 0 Å². The first-order valence-corrected chi connectivity index (χ1v) is 6.37. The highest BCUT2D eigenvalue weighted by Gasteiger charge is 2.20. The Bertz CT molecular complexity index is 299. The summed E-state index contributed by atoms with van der Waals surface area (Å²) in [6.45, 7) is 8.81. The van der Waals surface area contributed by atoms with Crippen LogP contribution in [0.25, 0.3) is 0 Å². The fourth-order valence-electron chi connectivity index (χ4n) is 1.73. The summed E-state index contributed by atoms with van der Waals surface area (Å²) in [6.07, 6.45) is 3.31. The number of rotatable bonds is 6. The lowest BCUT2D eigenvalue weighted by Crippen LogP contribution is -2.51. The molecule has 0 heterocycles. The van der Waals surface area contributed by atoms with Gasteiger partial charge in [0.2, 0.25) is 5.91 Å². The second kappa shape index (κ2) is 6.17. The molecule has 0 aromatic carbocycles.